The van der Waals surface area contributed by atoms with E-state index in [1.807, 2.05) is 36.4 Å². The van der Waals surface area contributed by atoms with Gasteiger partial charge in [0.05, 0.1) is 17.3 Å². The molecule has 0 unspecified atom stereocenters. The van der Waals surface area contributed by atoms with Gasteiger partial charge in [0.15, 0.2) is 0 Å². The van der Waals surface area contributed by atoms with Crippen molar-refractivity contribution < 1.29 is 4.79 Å². The number of H-pyrrole nitrogens is 1. The van der Waals surface area contributed by atoms with Gasteiger partial charge in [0.2, 0.25) is 0 Å². The van der Waals surface area contributed by atoms with E-state index in [1.54, 1.807) is 30.5 Å². The van der Waals surface area contributed by atoms with Crippen molar-refractivity contribution in [3.63, 3.8) is 0 Å². The van der Waals surface area contributed by atoms with Gasteiger partial charge in [-0.15, -0.1) is 0 Å². The average Bonchev–Trinajstić information content (AvgIpc) is 3.10. The molecule has 3 aromatic rings. The van der Waals surface area contributed by atoms with Gasteiger partial charge in [-0.25, -0.2) is 0 Å². The first-order valence-electron chi connectivity index (χ1n) is 6.67. The molecule has 1 heterocycles. The molecule has 5 heteroatoms. The van der Waals surface area contributed by atoms with E-state index >= 15 is 0 Å². The van der Waals surface area contributed by atoms with Gasteiger partial charge in [0.1, 0.15) is 0 Å². The van der Waals surface area contributed by atoms with Crippen molar-refractivity contribution in [1.82, 2.24) is 10.2 Å². The third-order valence-electron chi connectivity index (χ3n) is 3.21. The van der Waals surface area contributed by atoms with Crippen molar-refractivity contribution in [3.8, 4) is 17.3 Å². The standard InChI is InChI=1S/C17H12N4O/c18-11-12-2-1-3-14(10-12)17(22)20-15-6-4-13(5-7-15)16-8-9-19-21-16/h1-10H,(H,19,21)(H,20,22). The quantitative estimate of drug-likeness (QED) is 0.776. The van der Waals surface area contributed by atoms with Crippen LogP contribution in [0.15, 0.2) is 60.8 Å². The molecular formula is C17H12N4O. The number of rotatable bonds is 3. The molecule has 0 bridgehead atoms. The molecule has 0 saturated heterocycles. The minimum absolute atomic E-state index is 0.244. The first-order chi connectivity index (χ1) is 10.8. The number of hydrogen-bond donors (Lipinski definition) is 2. The first-order valence-corrected chi connectivity index (χ1v) is 6.67. The summed E-state index contributed by atoms with van der Waals surface area (Å²) < 4.78 is 0. The Labute approximate surface area is 127 Å². The zero-order valence-electron chi connectivity index (χ0n) is 11.6. The molecule has 2 aromatic carbocycles. The summed E-state index contributed by atoms with van der Waals surface area (Å²) >= 11 is 0. The number of nitrogens with zero attached hydrogens (tertiary/aromatic N) is 2. The van der Waals surface area contributed by atoms with E-state index in [0.717, 1.165) is 11.3 Å². The minimum atomic E-state index is -0.244. The van der Waals surface area contributed by atoms with Crippen LogP contribution in [0.1, 0.15) is 15.9 Å². The Bertz CT molecular complexity index is 830. The lowest BCUT2D eigenvalue weighted by Crippen LogP contribution is -2.11. The predicted molar refractivity (Wildman–Crippen MR) is 83.1 cm³/mol. The Morgan fingerprint density at radius 3 is 2.64 bits per heavy atom. The maximum atomic E-state index is 12.2. The second-order valence-electron chi connectivity index (χ2n) is 4.69. The number of benzene rings is 2. The number of carbonyl (C=O) groups excluding carboxylic acids is 1. The molecular weight excluding hydrogens is 276 g/mol. The fraction of sp³-hybridized carbons (Fsp3) is 0. The zero-order valence-corrected chi connectivity index (χ0v) is 11.6. The third kappa shape index (κ3) is 2.86. The summed E-state index contributed by atoms with van der Waals surface area (Å²) in [5.41, 5.74) is 3.51. The number of carbonyl (C=O) groups is 1. The zero-order chi connectivity index (χ0) is 15.4. The van der Waals surface area contributed by atoms with Gasteiger partial charge in [0.25, 0.3) is 5.91 Å². The van der Waals surface area contributed by atoms with E-state index in [2.05, 4.69) is 15.5 Å². The molecule has 1 aromatic heterocycles. The molecule has 0 fully saturated rings. The second kappa shape index (κ2) is 5.94. The first kappa shape index (κ1) is 13.6. The van der Waals surface area contributed by atoms with Crippen LogP contribution in [0.25, 0.3) is 11.3 Å². The molecule has 3 rings (SSSR count). The van der Waals surface area contributed by atoms with Gasteiger partial charge < -0.3 is 5.32 Å². The maximum Gasteiger partial charge on any atom is 0.255 e. The second-order valence-corrected chi connectivity index (χ2v) is 4.69. The van der Waals surface area contributed by atoms with Crippen molar-refractivity contribution in [2.75, 3.05) is 5.32 Å². The smallest absolute Gasteiger partial charge is 0.255 e. The van der Waals surface area contributed by atoms with Gasteiger partial charge in [-0.1, -0.05) is 18.2 Å². The Hall–Kier alpha value is -3.39. The van der Waals surface area contributed by atoms with Crippen LogP contribution in [0.2, 0.25) is 0 Å². The topological polar surface area (TPSA) is 81.6 Å². The van der Waals surface area contributed by atoms with Crippen molar-refractivity contribution in [1.29, 1.82) is 5.26 Å². The van der Waals surface area contributed by atoms with E-state index in [1.165, 1.54) is 0 Å². The highest BCUT2D eigenvalue weighted by Crippen LogP contribution is 2.19. The third-order valence-corrected chi connectivity index (χ3v) is 3.21. The predicted octanol–water partition coefficient (Wildman–Crippen LogP) is 3.20. The molecule has 0 aliphatic heterocycles. The van der Waals surface area contributed by atoms with Gasteiger partial charge in [-0.05, 0) is 42.0 Å². The number of aromatic nitrogens is 2. The van der Waals surface area contributed by atoms with Crippen LogP contribution in [0.4, 0.5) is 5.69 Å². The molecule has 0 aliphatic carbocycles. The van der Waals surface area contributed by atoms with Gasteiger partial charge >= 0.3 is 0 Å². The molecule has 2 N–H and O–H groups in total. The Kier molecular flexibility index (Phi) is 3.67. The van der Waals surface area contributed by atoms with Gasteiger partial charge in [0, 0.05) is 17.4 Å². The lowest BCUT2D eigenvalue weighted by atomic mass is 10.1. The number of nitriles is 1. The summed E-state index contributed by atoms with van der Waals surface area (Å²) in [7, 11) is 0. The van der Waals surface area contributed by atoms with Crippen LogP contribution in [0.5, 0.6) is 0 Å². The van der Waals surface area contributed by atoms with Gasteiger partial charge in [-0.2, -0.15) is 10.4 Å². The minimum Gasteiger partial charge on any atom is -0.322 e. The van der Waals surface area contributed by atoms with E-state index in [0.29, 0.717) is 16.8 Å². The molecule has 1 amide bonds. The van der Waals surface area contributed by atoms with Crippen molar-refractivity contribution >= 4 is 11.6 Å². The number of nitrogens with one attached hydrogen (secondary N) is 2. The summed E-state index contributed by atoms with van der Waals surface area (Å²) in [5.74, 6) is -0.244. The maximum absolute atomic E-state index is 12.2. The largest absolute Gasteiger partial charge is 0.322 e. The Morgan fingerprint density at radius 2 is 1.95 bits per heavy atom. The lowest BCUT2D eigenvalue weighted by molar-refractivity contribution is 0.102. The number of aromatic amines is 1. The fourth-order valence-corrected chi connectivity index (χ4v) is 2.08. The van der Waals surface area contributed by atoms with E-state index < -0.39 is 0 Å². The average molecular weight is 288 g/mol. The summed E-state index contributed by atoms with van der Waals surface area (Å²) in [6.07, 6.45) is 1.69. The lowest BCUT2D eigenvalue weighted by Gasteiger charge is -2.06. The van der Waals surface area contributed by atoms with Crippen molar-refractivity contribution in [3.05, 3.63) is 71.9 Å². The molecule has 0 radical (unpaired) electrons. The number of hydrogen-bond acceptors (Lipinski definition) is 3. The molecule has 0 saturated carbocycles. The monoisotopic (exact) mass is 288 g/mol. The Morgan fingerprint density at radius 1 is 1.14 bits per heavy atom. The highest BCUT2D eigenvalue weighted by atomic mass is 16.1. The van der Waals surface area contributed by atoms with Crippen LogP contribution in [0, 0.1) is 11.3 Å². The van der Waals surface area contributed by atoms with E-state index in [-0.39, 0.29) is 5.91 Å². The summed E-state index contributed by atoms with van der Waals surface area (Å²) in [6.45, 7) is 0. The molecule has 5 nitrogen and oxygen atoms in total. The fourth-order valence-electron chi connectivity index (χ4n) is 2.08. The van der Waals surface area contributed by atoms with Crippen LogP contribution < -0.4 is 5.32 Å². The molecule has 0 aliphatic rings. The highest BCUT2D eigenvalue weighted by Gasteiger charge is 2.07. The molecule has 0 atom stereocenters. The summed E-state index contributed by atoms with van der Waals surface area (Å²) in [5, 5.41) is 18.5. The molecule has 0 spiro atoms. The Balaban J connectivity index is 1.75. The normalized spacial score (nSPS) is 9.95. The van der Waals surface area contributed by atoms with Crippen molar-refractivity contribution in [2.24, 2.45) is 0 Å². The van der Waals surface area contributed by atoms with Crippen LogP contribution >= 0.6 is 0 Å². The summed E-state index contributed by atoms with van der Waals surface area (Å²) in [4.78, 5) is 12.2. The van der Waals surface area contributed by atoms with Crippen LogP contribution in [0.3, 0.4) is 0 Å². The molecule has 106 valence electrons. The van der Waals surface area contributed by atoms with E-state index in [4.69, 9.17) is 5.26 Å². The summed E-state index contributed by atoms with van der Waals surface area (Å²) in [6, 6.07) is 17.9. The number of anilines is 1. The SMILES string of the molecule is N#Cc1cccc(C(=O)Nc2ccc(-c3ccn[nH]3)cc2)c1. The van der Waals surface area contributed by atoms with Gasteiger partial charge in [-0.3, -0.25) is 9.89 Å². The van der Waals surface area contributed by atoms with Crippen LogP contribution in [-0.2, 0) is 0 Å². The highest BCUT2D eigenvalue weighted by molar-refractivity contribution is 6.04. The van der Waals surface area contributed by atoms with Crippen molar-refractivity contribution in [2.45, 2.75) is 0 Å². The van der Waals surface area contributed by atoms with Crippen LogP contribution in [-0.4, -0.2) is 16.1 Å². The number of amides is 1. The molecule has 22 heavy (non-hydrogen) atoms. The van der Waals surface area contributed by atoms with E-state index in [9.17, 15) is 4.79 Å².